The predicted octanol–water partition coefficient (Wildman–Crippen LogP) is 4.90. The maximum Gasteiger partial charge on any atom is 0.261 e. The lowest BCUT2D eigenvalue weighted by Crippen LogP contribution is -2.68. The van der Waals surface area contributed by atoms with Crippen molar-refractivity contribution in [3.63, 3.8) is 0 Å². The van der Waals surface area contributed by atoms with Crippen molar-refractivity contribution in [2.24, 2.45) is 17.8 Å². The van der Waals surface area contributed by atoms with Crippen LogP contribution in [0.3, 0.4) is 0 Å². The number of rotatable bonds is 6. The Morgan fingerprint density at radius 1 is 1.03 bits per heavy atom. The number of benzene rings is 2. The van der Waals surface area contributed by atoms with Crippen LogP contribution in [0.2, 0.25) is 5.04 Å². The molecule has 4 atom stereocenters. The summed E-state index contributed by atoms with van der Waals surface area (Å²) in [6.45, 7) is 10.9. The van der Waals surface area contributed by atoms with E-state index in [-0.39, 0.29) is 28.8 Å². The van der Waals surface area contributed by atoms with Gasteiger partial charge in [-0.15, -0.1) is 6.58 Å². The van der Waals surface area contributed by atoms with Crippen LogP contribution in [0.5, 0.6) is 0 Å². The van der Waals surface area contributed by atoms with Crippen molar-refractivity contribution >= 4 is 24.5 Å². The average molecular weight is 417 g/mol. The first-order valence-electron chi connectivity index (χ1n) is 11.0. The fraction of sp³-hybridized carbons (Fsp3) is 0.370. The minimum atomic E-state index is -2.62. The fourth-order valence-electron chi connectivity index (χ4n) is 5.63. The van der Waals surface area contributed by atoms with Crippen LogP contribution < -0.4 is 10.4 Å². The van der Waals surface area contributed by atoms with Crippen LogP contribution in [0.4, 0.5) is 0 Å². The number of allylic oxidation sites excluding steroid dienone is 3. The third-order valence-corrected chi connectivity index (χ3v) is 12.0. The first kappa shape index (κ1) is 21.0. The number of fused-ring (bicyclic) bond motifs is 1. The number of hydrogen-bond acceptors (Lipinski definition) is 2. The van der Waals surface area contributed by atoms with Crippen molar-refractivity contribution in [1.82, 2.24) is 0 Å². The summed E-state index contributed by atoms with van der Waals surface area (Å²) >= 11 is 0. The largest absolute Gasteiger partial charge is 0.404 e. The van der Waals surface area contributed by atoms with Crippen molar-refractivity contribution < 1.29 is 9.22 Å². The molecule has 4 rings (SSSR count). The molecule has 0 radical (unpaired) electrons. The predicted molar refractivity (Wildman–Crippen MR) is 127 cm³/mol. The van der Waals surface area contributed by atoms with Gasteiger partial charge < -0.3 is 4.43 Å². The Morgan fingerprint density at radius 3 is 2.10 bits per heavy atom. The van der Waals surface area contributed by atoms with E-state index in [4.69, 9.17) is 4.43 Å². The average Bonchev–Trinajstić information content (AvgIpc) is 3.26. The van der Waals surface area contributed by atoms with Crippen molar-refractivity contribution in [2.75, 3.05) is 0 Å². The Morgan fingerprint density at radius 2 is 1.60 bits per heavy atom. The standard InChI is InChI=1S/C27H32O2Si/c1-5-12-23-25(19-20-17-18-24(28)26(20)23)29-30(27(2,3)4,21-13-8-6-9-14-21)22-15-10-7-11-16-22/h5-11,13-18,20,23,25-26H,1,12,19H2,2-4H3/t20-,23-,25+,26-/m0/s1. The van der Waals surface area contributed by atoms with E-state index in [1.54, 1.807) is 6.08 Å². The third kappa shape index (κ3) is 3.44. The zero-order valence-electron chi connectivity index (χ0n) is 18.3. The molecule has 1 fully saturated rings. The summed E-state index contributed by atoms with van der Waals surface area (Å²) in [4.78, 5) is 12.6. The molecule has 0 saturated heterocycles. The van der Waals surface area contributed by atoms with Crippen LogP contribution in [0.25, 0.3) is 0 Å². The van der Waals surface area contributed by atoms with Gasteiger partial charge in [0.05, 0.1) is 6.10 Å². The molecule has 3 heteroatoms. The van der Waals surface area contributed by atoms with E-state index < -0.39 is 8.32 Å². The Labute approximate surface area is 181 Å². The molecule has 30 heavy (non-hydrogen) atoms. The first-order valence-corrected chi connectivity index (χ1v) is 12.9. The number of carbonyl (C=O) groups excluding carboxylic acids is 1. The lowest BCUT2D eigenvalue weighted by molar-refractivity contribution is -0.119. The van der Waals surface area contributed by atoms with E-state index in [0.29, 0.717) is 5.92 Å². The molecule has 0 spiro atoms. The molecule has 0 aromatic heterocycles. The van der Waals surface area contributed by atoms with E-state index in [9.17, 15) is 4.79 Å². The second-order valence-electron chi connectivity index (χ2n) is 9.69. The van der Waals surface area contributed by atoms with Gasteiger partial charge >= 0.3 is 0 Å². The van der Waals surface area contributed by atoms with Gasteiger partial charge in [0.2, 0.25) is 0 Å². The molecule has 0 aliphatic heterocycles. The minimum Gasteiger partial charge on any atom is -0.404 e. The molecular weight excluding hydrogens is 384 g/mol. The van der Waals surface area contributed by atoms with Crippen LogP contribution in [0.15, 0.2) is 85.5 Å². The second-order valence-corrected chi connectivity index (χ2v) is 13.9. The Kier molecular flexibility index (Phi) is 5.69. The summed E-state index contributed by atoms with van der Waals surface area (Å²) in [5.74, 6) is 0.800. The van der Waals surface area contributed by atoms with E-state index in [1.165, 1.54) is 10.4 Å². The highest BCUT2D eigenvalue weighted by atomic mass is 28.4. The van der Waals surface area contributed by atoms with Gasteiger partial charge in [0, 0.05) is 5.92 Å². The molecule has 2 aliphatic carbocycles. The fourth-order valence-corrected chi connectivity index (χ4v) is 10.4. The topological polar surface area (TPSA) is 26.3 Å². The summed E-state index contributed by atoms with van der Waals surface area (Å²) in [7, 11) is -2.62. The van der Waals surface area contributed by atoms with Crippen LogP contribution in [-0.4, -0.2) is 20.2 Å². The lowest BCUT2D eigenvalue weighted by Gasteiger charge is -2.45. The number of carbonyl (C=O) groups is 1. The molecule has 0 N–H and O–H groups in total. The highest BCUT2D eigenvalue weighted by molar-refractivity contribution is 6.99. The molecule has 0 amide bonds. The molecule has 2 aromatic carbocycles. The Hall–Kier alpha value is -2.23. The van der Waals surface area contributed by atoms with Crippen LogP contribution in [0.1, 0.15) is 33.6 Å². The monoisotopic (exact) mass is 416 g/mol. The first-order chi connectivity index (χ1) is 14.4. The molecule has 156 valence electrons. The quantitative estimate of drug-likeness (QED) is 0.495. The van der Waals surface area contributed by atoms with Crippen LogP contribution in [-0.2, 0) is 9.22 Å². The van der Waals surface area contributed by atoms with Gasteiger partial charge in [-0.2, -0.15) is 0 Å². The zero-order chi connectivity index (χ0) is 21.4. The van der Waals surface area contributed by atoms with Gasteiger partial charge in [0.15, 0.2) is 5.78 Å². The van der Waals surface area contributed by atoms with Gasteiger partial charge in [-0.05, 0) is 46.2 Å². The Bertz CT molecular complexity index is 887. The van der Waals surface area contributed by atoms with Crippen LogP contribution in [0, 0.1) is 17.8 Å². The molecule has 2 aliphatic rings. The molecule has 0 heterocycles. The van der Waals surface area contributed by atoms with Gasteiger partial charge in [-0.25, -0.2) is 0 Å². The van der Waals surface area contributed by atoms with Gasteiger partial charge in [-0.1, -0.05) is 93.6 Å². The summed E-state index contributed by atoms with van der Waals surface area (Å²) in [6, 6.07) is 21.5. The maximum absolute atomic E-state index is 12.6. The van der Waals surface area contributed by atoms with E-state index in [1.807, 2.05) is 6.08 Å². The van der Waals surface area contributed by atoms with Crippen molar-refractivity contribution in [1.29, 1.82) is 0 Å². The van der Waals surface area contributed by atoms with Crippen LogP contribution >= 0.6 is 0 Å². The third-order valence-electron chi connectivity index (χ3n) is 6.92. The molecule has 2 aromatic rings. The normalized spacial score (nSPS) is 26.0. The minimum absolute atomic E-state index is 0.0474. The number of hydrogen-bond donors (Lipinski definition) is 0. The Balaban J connectivity index is 1.84. The SMILES string of the molecule is C=CC[C@@H]1[C@H]2C(=O)C=C[C@H]2C[C@H]1O[Si](c1ccccc1)(c1ccccc1)C(C)(C)C. The van der Waals surface area contributed by atoms with E-state index >= 15 is 0 Å². The summed E-state index contributed by atoms with van der Waals surface area (Å²) in [5, 5.41) is 2.52. The molecule has 0 unspecified atom stereocenters. The number of ketones is 1. The maximum atomic E-state index is 12.6. The zero-order valence-corrected chi connectivity index (χ0v) is 19.3. The van der Waals surface area contributed by atoms with E-state index in [0.717, 1.165) is 12.8 Å². The lowest BCUT2D eigenvalue weighted by atomic mass is 9.87. The van der Waals surface area contributed by atoms with Crippen molar-refractivity contribution in [3.05, 3.63) is 85.5 Å². The smallest absolute Gasteiger partial charge is 0.261 e. The van der Waals surface area contributed by atoms with E-state index in [2.05, 4.69) is 94.1 Å². The highest BCUT2D eigenvalue weighted by Gasteiger charge is 2.55. The summed E-state index contributed by atoms with van der Waals surface area (Å²) in [5.41, 5.74) is 0. The molecule has 2 nitrogen and oxygen atoms in total. The summed E-state index contributed by atoms with van der Waals surface area (Å²) in [6.07, 6.45) is 7.63. The van der Waals surface area contributed by atoms with Gasteiger partial charge in [0.25, 0.3) is 8.32 Å². The van der Waals surface area contributed by atoms with Gasteiger partial charge in [0.1, 0.15) is 0 Å². The molecule has 1 saturated carbocycles. The van der Waals surface area contributed by atoms with Crippen molar-refractivity contribution in [2.45, 2.75) is 44.8 Å². The van der Waals surface area contributed by atoms with Crippen molar-refractivity contribution in [3.8, 4) is 0 Å². The molecule has 0 bridgehead atoms. The second kappa shape index (κ2) is 8.13. The highest BCUT2D eigenvalue weighted by Crippen LogP contribution is 2.48. The summed E-state index contributed by atoms with van der Waals surface area (Å²) < 4.78 is 7.39. The molecular formula is C27H32O2Si. The van der Waals surface area contributed by atoms with Gasteiger partial charge in [-0.3, -0.25) is 4.79 Å².